The standard InChI is InChI=1S/C23H24N2O3S/c1-16(22(26)24-15-19-13-8-14-27-19)29-23-25-20(17-9-4-2-5-10-17)21(28-23)18-11-6-3-7-12-18/h2-7,9-12,16,19H,8,13-15H2,1H3,(H,24,26)/t16-,19+/m1/s1. The van der Waals surface area contributed by atoms with E-state index in [4.69, 9.17) is 14.1 Å². The van der Waals surface area contributed by atoms with Crippen LogP contribution in [0.4, 0.5) is 0 Å². The highest BCUT2D eigenvalue weighted by Crippen LogP contribution is 2.36. The van der Waals surface area contributed by atoms with Crippen LogP contribution in [0.2, 0.25) is 0 Å². The van der Waals surface area contributed by atoms with Crippen molar-refractivity contribution in [3.8, 4) is 22.6 Å². The second kappa shape index (κ2) is 9.29. The maximum Gasteiger partial charge on any atom is 0.257 e. The van der Waals surface area contributed by atoms with Gasteiger partial charge in [-0.05, 0) is 19.8 Å². The van der Waals surface area contributed by atoms with Gasteiger partial charge in [0.05, 0.1) is 11.4 Å². The van der Waals surface area contributed by atoms with Crippen molar-refractivity contribution in [2.45, 2.75) is 36.3 Å². The Labute approximate surface area is 174 Å². The molecule has 3 aromatic rings. The van der Waals surface area contributed by atoms with Crippen LogP contribution in [-0.2, 0) is 9.53 Å². The Balaban J connectivity index is 1.51. The quantitative estimate of drug-likeness (QED) is 0.570. The monoisotopic (exact) mass is 408 g/mol. The molecule has 2 atom stereocenters. The first-order valence-corrected chi connectivity index (χ1v) is 10.8. The molecule has 29 heavy (non-hydrogen) atoms. The molecule has 1 amide bonds. The van der Waals surface area contributed by atoms with Crippen LogP contribution in [0.1, 0.15) is 19.8 Å². The van der Waals surface area contributed by atoms with Crippen LogP contribution < -0.4 is 5.32 Å². The van der Waals surface area contributed by atoms with Gasteiger partial charge in [-0.1, -0.05) is 72.4 Å². The molecule has 1 saturated heterocycles. The summed E-state index contributed by atoms with van der Waals surface area (Å²) in [5, 5.41) is 3.15. The molecule has 5 nitrogen and oxygen atoms in total. The van der Waals surface area contributed by atoms with Crippen molar-refractivity contribution in [1.29, 1.82) is 0 Å². The van der Waals surface area contributed by atoms with Crippen LogP contribution >= 0.6 is 11.8 Å². The van der Waals surface area contributed by atoms with Crippen molar-refractivity contribution in [1.82, 2.24) is 10.3 Å². The van der Waals surface area contributed by atoms with Gasteiger partial charge in [0.15, 0.2) is 5.76 Å². The van der Waals surface area contributed by atoms with Crippen molar-refractivity contribution < 1.29 is 13.9 Å². The molecular formula is C23H24N2O3S. The molecule has 0 unspecified atom stereocenters. The van der Waals surface area contributed by atoms with Gasteiger partial charge in [0.1, 0.15) is 5.69 Å². The van der Waals surface area contributed by atoms with Gasteiger partial charge in [-0.2, -0.15) is 0 Å². The lowest BCUT2D eigenvalue weighted by molar-refractivity contribution is -0.120. The number of carbonyl (C=O) groups excluding carboxylic acids is 1. The number of ether oxygens (including phenoxy) is 1. The molecule has 1 aliphatic heterocycles. The summed E-state index contributed by atoms with van der Waals surface area (Å²) in [4.78, 5) is 17.2. The van der Waals surface area contributed by atoms with Gasteiger partial charge in [-0.3, -0.25) is 4.79 Å². The Bertz CT molecular complexity index is 880. The van der Waals surface area contributed by atoms with E-state index < -0.39 is 0 Å². The Morgan fingerprint density at radius 3 is 2.48 bits per heavy atom. The van der Waals surface area contributed by atoms with Gasteiger partial charge in [-0.25, -0.2) is 4.98 Å². The van der Waals surface area contributed by atoms with Crippen molar-refractivity contribution >= 4 is 17.7 Å². The van der Waals surface area contributed by atoms with E-state index in [2.05, 4.69) is 5.32 Å². The molecule has 6 heteroatoms. The average Bonchev–Trinajstić information content (AvgIpc) is 3.43. The van der Waals surface area contributed by atoms with Gasteiger partial charge in [-0.15, -0.1) is 0 Å². The second-order valence-corrected chi connectivity index (χ2v) is 8.32. The number of carbonyl (C=O) groups is 1. The predicted molar refractivity (Wildman–Crippen MR) is 115 cm³/mol. The lowest BCUT2D eigenvalue weighted by Gasteiger charge is -2.13. The molecule has 0 radical (unpaired) electrons. The number of thioether (sulfide) groups is 1. The average molecular weight is 409 g/mol. The van der Waals surface area contributed by atoms with Gasteiger partial charge < -0.3 is 14.5 Å². The minimum atomic E-state index is -0.317. The number of hydrogen-bond donors (Lipinski definition) is 1. The molecule has 2 aromatic carbocycles. The van der Waals surface area contributed by atoms with Crippen molar-refractivity contribution in [2.75, 3.05) is 13.2 Å². The smallest absolute Gasteiger partial charge is 0.257 e. The first kappa shape index (κ1) is 19.7. The summed E-state index contributed by atoms with van der Waals surface area (Å²) in [5.41, 5.74) is 2.73. The van der Waals surface area contributed by atoms with Crippen LogP contribution in [0.15, 0.2) is 70.3 Å². The summed E-state index contributed by atoms with van der Waals surface area (Å²) in [6.07, 6.45) is 2.20. The summed E-state index contributed by atoms with van der Waals surface area (Å²) in [7, 11) is 0. The number of aromatic nitrogens is 1. The molecule has 0 saturated carbocycles. The van der Waals surface area contributed by atoms with Crippen LogP contribution in [0, 0.1) is 0 Å². The number of benzene rings is 2. The SMILES string of the molecule is C[C@@H](Sc1nc(-c2ccccc2)c(-c2ccccc2)o1)C(=O)NC[C@@H]1CCCO1. The fourth-order valence-electron chi connectivity index (χ4n) is 3.30. The maximum atomic E-state index is 12.5. The molecular weight excluding hydrogens is 384 g/mol. The minimum Gasteiger partial charge on any atom is -0.431 e. The lowest BCUT2D eigenvalue weighted by atomic mass is 10.1. The zero-order valence-corrected chi connectivity index (χ0v) is 17.2. The Morgan fingerprint density at radius 2 is 1.83 bits per heavy atom. The third kappa shape index (κ3) is 4.89. The molecule has 2 heterocycles. The fourth-order valence-corrected chi connectivity index (χ4v) is 4.06. The first-order valence-electron chi connectivity index (χ1n) is 9.88. The van der Waals surface area contributed by atoms with E-state index in [0.29, 0.717) is 17.5 Å². The summed E-state index contributed by atoms with van der Waals surface area (Å²) < 4.78 is 11.7. The summed E-state index contributed by atoms with van der Waals surface area (Å²) >= 11 is 1.33. The Hall–Kier alpha value is -2.57. The summed E-state index contributed by atoms with van der Waals surface area (Å²) in [6, 6.07) is 19.9. The van der Waals surface area contributed by atoms with E-state index in [1.807, 2.05) is 67.6 Å². The van der Waals surface area contributed by atoms with E-state index in [0.717, 1.165) is 36.3 Å². The van der Waals surface area contributed by atoms with Gasteiger partial charge in [0.25, 0.3) is 5.22 Å². The Kier molecular flexibility index (Phi) is 6.32. The molecule has 1 fully saturated rings. The summed E-state index contributed by atoms with van der Waals surface area (Å²) in [6.45, 7) is 3.20. The van der Waals surface area contributed by atoms with E-state index >= 15 is 0 Å². The van der Waals surface area contributed by atoms with Crippen LogP contribution in [0.5, 0.6) is 0 Å². The first-order chi connectivity index (χ1) is 14.2. The number of oxazole rings is 1. The molecule has 4 rings (SSSR count). The van der Waals surface area contributed by atoms with Crippen molar-refractivity contribution in [3.05, 3.63) is 60.7 Å². The van der Waals surface area contributed by atoms with E-state index in [1.54, 1.807) is 0 Å². The molecule has 150 valence electrons. The van der Waals surface area contributed by atoms with Crippen molar-refractivity contribution in [3.63, 3.8) is 0 Å². The highest BCUT2D eigenvalue weighted by atomic mass is 32.2. The Morgan fingerprint density at radius 1 is 1.14 bits per heavy atom. The summed E-state index contributed by atoms with van der Waals surface area (Å²) in [5.74, 6) is 0.678. The molecule has 1 aliphatic rings. The lowest BCUT2D eigenvalue weighted by Crippen LogP contribution is -2.36. The largest absolute Gasteiger partial charge is 0.431 e. The normalized spacial score (nSPS) is 17.2. The molecule has 0 aliphatic carbocycles. The highest BCUT2D eigenvalue weighted by molar-refractivity contribution is 8.00. The second-order valence-electron chi connectivity index (χ2n) is 7.03. The minimum absolute atomic E-state index is 0.0359. The molecule has 1 N–H and O–H groups in total. The number of nitrogens with one attached hydrogen (secondary N) is 1. The van der Waals surface area contributed by atoms with Crippen LogP contribution in [0.25, 0.3) is 22.6 Å². The van der Waals surface area contributed by atoms with E-state index in [9.17, 15) is 4.79 Å². The topological polar surface area (TPSA) is 64.4 Å². The van der Waals surface area contributed by atoms with Crippen LogP contribution in [-0.4, -0.2) is 35.4 Å². The fraction of sp³-hybridized carbons (Fsp3) is 0.304. The number of amides is 1. The molecule has 1 aromatic heterocycles. The van der Waals surface area contributed by atoms with Gasteiger partial charge in [0, 0.05) is 24.3 Å². The van der Waals surface area contributed by atoms with E-state index in [1.165, 1.54) is 11.8 Å². The molecule has 0 bridgehead atoms. The van der Waals surface area contributed by atoms with Gasteiger partial charge >= 0.3 is 0 Å². The maximum absolute atomic E-state index is 12.5. The third-order valence-corrected chi connectivity index (χ3v) is 5.81. The highest BCUT2D eigenvalue weighted by Gasteiger charge is 2.23. The third-order valence-electron chi connectivity index (χ3n) is 4.87. The number of rotatable bonds is 7. The molecule has 0 spiro atoms. The number of hydrogen-bond acceptors (Lipinski definition) is 5. The van der Waals surface area contributed by atoms with Crippen LogP contribution in [0.3, 0.4) is 0 Å². The zero-order chi connectivity index (χ0) is 20.1. The van der Waals surface area contributed by atoms with Crippen molar-refractivity contribution in [2.24, 2.45) is 0 Å². The zero-order valence-electron chi connectivity index (χ0n) is 16.3. The predicted octanol–water partition coefficient (Wildman–Crippen LogP) is 4.78. The van der Waals surface area contributed by atoms with Gasteiger partial charge in [0.2, 0.25) is 5.91 Å². The van der Waals surface area contributed by atoms with E-state index in [-0.39, 0.29) is 17.3 Å². The number of nitrogens with zero attached hydrogens (tertiary/aromatic N) is 1.